The highest BCUT2D eigenvalue weighted by atomic mass is 16.5. The average molecular weight is 204 g/mol. The second-order valence-electron chi connectivity index (χ2n) is 3.66. The maximum atomic E-state index is 5.43. The lowest BCUT2D eigenvalue weighted by Crippen LogP contribution is -1.98. The molecule has 2 rings (SSSR count). The lowest BCUT2D eigenvalue weighted by atomic mass is 10.0. The SMILES string of the molecule is COc1ccc2c(c1OC)CCCC=C2. The first-order valence-electron chi connectivity index (χ1n) is 5.27. The fourth-order valence-electron chi connectivity index (χ4n) is 2.03. The summed E-state index contributed by atoms with van der Waals surface area (Å²) in [5, 5.41) is 0. The molecule has 0 heterocycles. The second kappa shape index (κ2) is 4.39. The van der Waals surface area contributed by atoms with E-state index in [1.165, 1.54) is 17.5 Å². The molecular formula is C13H16O2. The van der Waals surface area contributed by atoms with Crippen molar-refractivity contribution in [3.8, 4) is 11.5 Å². The fourth-order valence-corrected chi connectivity index (χ4v) is 2.03. The van der Waals surface area contributed by atoms with Gasteiger partial charge in [0, 0.05) is 5.56 Å². The molecule has 0 aliphatic heterocycles. The van der Waals surface area contributed by atoms with Crippen LogP contribution in [0.1, 0.15) is 24.0 Å². The van der Waals surface area contributed by atoms with Crippen LogP contribution in [-0.2, 0) is 6.42 Å². The lowest BCUT2D eigenvalue weighted by Gasteiger charge is -2.14. The van der Waals surface area contributed by atoms with Crippen LogP contribution in [0.4, 0.5) is 0 Å². The highest BCUT2D eigenvalue weighted by molar-refractivity contribution is 5.63. The zero-order valence-electron chi connectivity index (χ0n) is 9.25. The Labute approximate surface area is 90.5 Å². The number of ether oxygens (including phenoxy) is 2. The van der Waals surface area contributed by atoms with Crippen molar-refractivity contribution in [1.82, 2.24) is 0 Å². The van der Waals surface area contributed by atoms with E-state index < -0.39 is 0 Å². The van der Waals surface area contributed by atoms with E-state index in [0.717, 1.165) is 24.3 Å². The van der Waals surface area contributed by atoms with Crippen molar-refractivity contribution in [2.24, 2.45) is 0 Å². The van der Waals surface area contributed by atoms with Gasteiger partial charge in [0.15, 0.2) is 11.5 Å². The van der Waals surface area contributed by atoms with E-state index in [2.05, 4.69) is 18.2 Å². The molecule has 0 radical (unpaired) electrons. The molecule has 1 aliphatic rings. The molecule has 2 heteroatoms. The van der Waals surface area contributed by atoms with Gasteiger partial charge in [-0.05, 0) is 30.9 Å². The summed E-state index contributed by atoms with van der Waals surface area (Å²) < 4.78 is 10.7. The minimum atomic E-state index is 0.826. The van der Waals surface area contributed by atoms with Crippen molar-refractivity contribution in [3.63, 3.8) is 0 Å². The topological polar surface area (TPSA) is 18.5 Å². The Kier molecular flexibility index (Phi) is 2.95. The molecule has 1 aromatic carbocycles. The molecule has 1 aromatic rings. The molecule has 15 heavy (non-hydrogen) atoms. The number of hydrogen-bond donors (Lipinski definition) is 0. The number of fused-ring (bicyclic) bond motifs is 1. The highest BCUT2D eigenvalue weighted by Crippen LogP contribution is 2.36. The van der Waals surface area contributed by atoms with E-state index in [4.69, 9.17) is 9.47 Å². The van der Waals surface area contributed by atoms with Gasteiger partial charge in [-0.25, -0.2) is 0 Å². The molecule has 0 unspecified atom stereocenters. The number of benzene rings is 1. The Morgan fingerprint density at radius 3 is 2.73 bits per heavy atom. The van der Waals surface area contributed by atoms with Gasteiger partial charge in [0.25, 0.3) is 0 Å². The van der Waals surface area contributed by atoms with Gasteiger partial charge in [0.2, 0.25) is 0 Å². The predicted molar refractivity (Wildman–Crippen MR) is 61.5 cm³/mol. The highest BCUT2D eigenvalue weighted by Gasteiger charge is 2.14. The molecule has 0 saturated heterocycles. The van der Waals surface area contributed by atoms with Gasteiger partial charge >= 0.3 is 0 Å². The molecule has 0 atom stereocenters. The zero-order chi connectivity index (χ0) is 10.7. The van der Waals surface area contributed by atoms with Gasteiger partial charge in [-0.3, -0.25) is 0 Å². The van der Waals surface area contributed by atoms with E-state index in [1.807, 2.05) is 6.07 Å². The molecule has 0 spiro atoms. The van der Waals surface area contributed by atoms with Crippen molar-refractivity contribution in [1.29, 1.82) is 0 Å². The Morgan fingerprint density at radius 1 is 1.13 bits per heavy atom. The Hall–Kier alpha value is -1.44. The third-order valence-corrected chi connectivity index (χ3v) is 2.78. The molecular weight excluding hydrogens is 188 g/mol. The summed E-state index contributed by atoms with van der Waals surface area (Å²) in [6.07, 6.45) is 7.76. The monoisotopic (exact) mass is 204 g/mol. The van der Waals surface area contributed by atoms with E-state index in [9.17, 15) is 0 Å². The number of rotatable bonds is 2. The Bertz CT molecular complexity index is 380. The van der Waals surface area contributed by atoms with Gasteiger partial charge in [-0.2, -0.15) is 0 Å². The summed E-state index contributed by atoms with van der Waals surface area (Å²) in [5.41, 5.74) is 2.52. The van der Waals surface area contributed by atoms with Crippen LogP contribution >= 0.6 is 0 Å². The minimum absolute atomic E-state index is 0.826. The molecule has 0 N–H and O–H groups in total. The molecule has 80 valence electrons. The normalized spacial score (nSPS) is 14.3. The Balaban J connectivity index is 2.54. The van der Waals surface area contributed by atoms with Crippen molar-refractivity contribution >= 4 is 6.08 Å². The van der Waals surface area contributed by atoms with Crippen molar-refractivity contribution in [3.05, 3.63) is 29.3 Å². The van der Waals surface area contributed by atoms with Crippen molar-refractivity contribution in [2.75, 3.05) is 14.2 Å². The quantitative estimate of drug-likeness (QED) is 0.737. The summed E-state index contributed by atoms with van der Waals surface area (Å²) in [4.78, 5) is 0. The summed E-state index contributed by atoms with van der Waals surface area (Å²) >= 11 is 0. The number of allylic oxidation sites excluding steroid dienone is 1. The summed E-state index contributed by atoms with van der Waals surface area (Å²) in [7, 11) is 3.38. The Morgan fingerprint density at radius 2 is 2.00 bits per heavy atom. The lowest BCUT2D eigenvalue weighted by molar-refractivity contribution is 0.351. The molecule has 0 amide bonds. The van der Waals surface area contributed by atoms with E-state index in [-0.39, 0.29) is 0 Å². The van der Waals surface area contributed by atoms with Gasteiger partial charge in [0.1, 0.15) is 0 Å². The third-order valence-electron chi connectivity index (χ3n) is 2.78. The maximum Gasteiger partial charge on any atom is 0.164 e. The summed E-state index contributed by atoms with van der Waals surface area (Å²) in [5.74, 6) is 1.72. The molecule has 0 aromatic heterocycles. The van der Waals surface area contributed by atoms with Crippen LogP contribution in [-0.4, -0.2) is 14.2 Å². The van der Waals surface area contributed by atoms with E-state index in [1.54, 1.807) is 14.2 Å². The first kappa shape index (κ1) is 10.1. The van der Waals surface area contributed by atoms with E-state index >= 15 is 0 Å². The molecule has 0 saturated carbocycles. The van der Waals surface area contributed by atoms with Crippen LogP contribution in [0.15, 0.2) is 18.2 Å². The first-order valence-corrected chi connectivity index (χ1v) is 5.27. The third kappa shape index (κ3) is 1.84. The smallest absolute Gasteiger partial charge is 0.164 e. The number of hydrogen-bond acceptors (Lipinski definition) is 2. The van der Waals surface area contributed by atoms with Gasteiger partial charge < -0.3 is 9.47 Å². The van der Waals surface area contributed by atoms with Crippen LogP contribution < -0.4 is 9.47 Å². The van der Waals surface area contributed by atoms with Crippen LogP contribution in [0, 0.1) is 0 Å². The zero-order valence-corrected chi connectivity index (χ0v) is 9.25. The van der Waals surface area contributed by atoms with E-state index in [0.29, 0.717) is 0 Å². The van der Waals surface area contributed by atoms with Crippen molar-refractivity contribution in [2.45, 2.75) is 19.3 Å². The molecule has 2 nitrogen and oxygen atoms in total. The summed E-state index contributed by atoms with van der Waals surface area (Å²) in [6, 6.07) is 4.06. The van der Waals surface area contributed by atoms with Gasteiger partial charge in [-0.15, -0.1) is 0 Å². The maximum absolute atomic E-state index is 5.43. The second-order valence-corrected chi connectivity index (χ2v) is 3.66. The van der Waals surface area contributed by atoms with Crippen LogP contribution in [0.25, 0.3) is 6.08 Å². The first-order chi connectivity index (χ1) is 7.36. The molecule has 1 aliphatic carbocycles. The van der Waals surface area contributed by atoms with Crippen LogP contribution in [0.3, 0.4) is 0 Å². The van der Waals surface area contributed by atoms with Crippen LogP contribution in [0.2, 0.25) is 0 Å². The van der Waals surface area contributed by atoms with Crippen LogP contribution in [0.5, 0.6) is 11.5 Å². The molecule has 0 fully saturated rings. The van der Waals surface area contributed by atoms with Gasteiger partial charge in [0.05, 0.1) is 14.2 Å². The average Bonchev–Trinajstić information content (AvgIpc) is 2.52. The minimum Gasteiger partial charge on any atom is -0.493 e. The largest absolute Gasteiger partial charge is 0.493 e. The van der Waals surface area contributed by atoms with Crippen molar-refractivity contribution < 1.29 is 9.47 Å². The number of methoxy groups -OCH3 is 2. The fraction of sp³-hybridized carbons (Fsp3) is 0.385. The predicted octanol–water partition coefficient (Wildman–Crippen LogP) is 3.05. The molecule has 0 bridgehead atoms. The van der Waals surface area contributed by atoms with Gasteiger partial charge in [-0.1, -0.05) is 18.2 Å². The summed E-state index contributed by atoms with van der Waals surface area (Å²) in [6.45, 7) is 0. The standard InChI is InChI=1S/C13H16O2/c1-14-12-9-8-10-6-4-3-5-7-11(10)13(12)15-2/h4,6,8-9H,3,5,7H2,1-2H3.